The summed E-state index contributed by atoms with van der Waals surface area (Å²) < 4.78 is 49.5. The number of carbonyl (C=O) groups is 2. The predicted octanol–water partition coefficient (Wildman–Crippen LogP) is 5.32. The van der Waals surface area contributed by atoms with Crippen LogP contribution in [0, 0.1) is 25.5 Å². The minimum Gasteiger partial charge on any atom is -0.338 e. The third-order valence-corrected chi connectivity index (χ3v) is 7.20. The average Bonchev–Trinajstić information content (AvgIpc) is 3.42. The highest BCUT2D eigenvalue weighted by molar-refractivity contribution is 6.06. The Bertz CT molecular complexity index is 1840. The van der Waals surface area contributed by atoms with Gasteiger partial charge in [0.25, 0.3) is 17.7 Å². The van der Waals surface area contributed by atoms with Crippen molar-refractivity contribution in [1.29, 1.82) is 0 Å². The van der Waals surface area contributed by atoms with Crippen molar-refractivity contribution < 1.29 is 27.4 Å². The summed E-state index contributed by atoms with van der Waals surface area (Å²) in [6, 6.07) is 11.2. The SMILES string of the molecule is Cc1noc(C2(NC(=O)c3cc(F)c(C)c(-c4ccn5nc(-c6ccc(F)cc6)c(C(=O)N(C)F)c5c4)c3)CC2)n1. The smallest absolute Gasteiger partial charge is 0.285 e. The monoisotopic (exact) mass is 560 g/mol. The van der Waals surface area contributed by atoms with Crippen LogP contribution in [-0.2, 0) is 5.54 Å². The summed E-state index contributed by atoms with van der Waals surface area (Å²) in [7, 11) is 0.966. The molecule has 41 heavy (non-hydrogen) atoms. The van der Waals surface area contributed by atoms with Gasteiger partial charge in [-0.1, -0.05) is 9.64 Å². The van der Waals surface area contributed by atoms with Gasteiger partial charge in [0.1, 0.15) is 22.9 Å². The summed E-state index contributed by atoms with van der Waals surface area (Å²) in [6.07, 6.45) is 2.76. The van der Waals surface area contributed by atoms with Crippen LogP contribution in [0.1, 0.15) is 50.8 Å². The van der Waals surface area contributed by atoms with Crippen molar-refractivity contribution in [1.82, 2.24) is 30.2 Å². The zero-order chi connectivity index (χ0) is 29.1. The Hall–Kier alpha value is -5.00. The molecule has 208 valence electrons. The molecule has 9 nitrogen and oxygen atoms in total. The Balaban J connectivity index is 1.43. The number of nitrogens with zero attached hydrogens (tertiary/aromatic N) is 5. The molecule has 1 N–H and O–H groups in total. The molecule has 0 unspecified atom stereocenters. The maximum absolute atomic E-state index is 15.2. The minimum atomic E-state index is -0.960. The van der Waals surface area contributed by atoms with Crippen molar-refractivity contribution in [2.24, 2.45) is 0 Å². The number of rotatable bonds is 6. The highest BCUT2D eigenvalue weighted by atomic mass is 19.2. The summed E-state index contributed by atoms with van der Waals surface area (Å²) in [4.78, 5) is 30.4. The van der Waals surface area contributed by atoms with E-state index in [1.165, 1.54) is 28.8 Å². The molecular weight excluding hydrogens is 537 g/mol. The van der Waals surface area contributed by atoms with Crippen LogP contribution in [0.25, 0.3) is 27.9 Å². The number of halogens is 3. The first-order valence-electron chi connectivity index (χ1n) is 12.7. The molecule has 2 amide bonds. The van der Waals surface area contributed by atoms with Crippen LogP contribution < -0.4 is 5.32 Å². The van der Waals surface area contributed by atoms with Crippen molar-refractivity contribution >= 4 is 17.3 Å². The summed E-state index contributed by atoms with van der Waals surface area (Å²) >= 11 is 0. The van der Waals surface area contributed by atoms with Crippen LogP contribution >= 0.6 is 0 Å². The number of fused-ring (bicyclic) bond motifs is 1. The molecule has 2 aromatic carbocycles. The number of carbonyl (C=O) groups excluding carboxylic acids is 2. The lowest BCUT2D eigenvalue weighted by atomic mass is 9.96. The molecule has 12 heteroatoms. The van der Waals surface area contributed by atoms with E-state index < -0.39 is 29.0 Å². The number of hydrogen-bond acceptors (Lipinski definition) is 6. The Kier molecular flexibility index (Phi) is 6.13. The molecule has 1 aliphatic carbocycles. The van der Waals surface area contributed by atoms with Gasteiger partial charge in [-0.2, -0.15) is 15.2 Å². The van der Waals surface area contributed by atoms with E-state index in [0.717, 1.165) is 13.1 Å². The quantitative estimate of drug-likeness (QED) is 0.282. The zero-order valence-electron chi connectivity index (χ0n) is 22.2. The molecule has 1 aliphatic rings. The van der Waals surface area contributed by atoms with E-state index in [2.05, 4.69) is 20.6 Å². The van der Waals surface area contributed by atoms with Crippen LogP contribution in [-0.4, -0.2) is 43.7 Å². The molecule has 0 saturated heterocycles. The zero-order valence-corrected chi connectivity index (χ0v) is 22.2. The number of nitrogens with one attached hydrogen (secondary N) is 1. The van der Waals surface area contributed by atoms with Crippen molar-refractivity contribution in [3.8, 4) is 22.4 Å². The van der Waals surface area contributed by atoms with Gasteiger partial charge in [0.15, 0.2) is 5.82 Å². The fourth-order valence-electron chi connectivity index (χ4n) is 4.80. The number of benzene rings is 2. The summed E-state index contributed by atoms with van der Waals surface area (Å²) in [5.74, 6) is -1.81. The highest BCUT2D eigenvalue weighted by Gasteiger charge is 2.51. The fraction of sp³-hybridized carbons (Fsp3) is 0.207. The lowest BCUT2D eigenvalue weighted by Gasteiger charge is -2.15. The molecule has 0 radical (unpaired) electrons. The van der Waals surface area contributed by atoms with Crippen molar-refractivity contribution in [3.05, 3.63) is 94.8 Å². The molecule has 0 atom stereocenters. The van der Waals surface area contributed by atoms with E-state index in [4.69, 9.17) is 4.52 Å². The first-order chi connectivity index (χ1) is 19.6. The second-order valence-electron chi connectivity index (χ2n) is 10.1. The van der Waals surface area contributed by atoms with Gasteiger partial charge in [-0.15, -0.1) is 0 Å². The second kappa shape index (κ2) is 9.58. The first-order valence-corrected chi connectivity index (χ1v) is 12.7. The molecule has 3 heterocycles. The van der Waals surface area contributed by atoms with Crippen LogP contribution in [0.4, 0.5) is 13.3 Å². The van der Waals surface area contributed by atoms with Gasteiger partial charge >= 0.3 is 0 Å². The van der Waals surface area contributed by atoms with Crippen molar-refractivity contribution in [3.63, 3.8) is 0 Å². The third kappa shape index (κ3) is 4.60. The standard InChI is InChI=1S/C29H23F3N6O3/c1-15-21(12-19(13-22(15)31)26(39)34-29(9-10-29)28-33-16(2)36-41-28)18-8-11-38-23(14-18)24(27(40)37(3)32)25(35-38)17-4-6-20(30)7-5-17/h4-8,11-14H,9-10H2,1-3H3,(H,34,39). The minimum absolute atomic E-state index is 0.0546. The Morgan fingerprint density at radius 2 is 1.78 bits per heavy atom. The molecule has 3 aromatic heterocycles. The van der Waals surface area contributed by atoms with Crippen LogP contribution in [0.15, 0.2) is 59.3 Å². The Morgan fingerprint density at radius 1 is 1.05 bits per heavy atom. The third-order valence-electron chi connectivity index (χ3n) is 7.20. The van der Waals surface area contributed by atoms with E-state index >= 15 is 4.39 Å². The molecule has 5 aromatic rings. The normalized spacial score (nSPS) is 13.8. The topological polar surface area (TPSA) is 106 Å². The summed E-state index contributed by atoms with van der Waals surface area (Å²) in [5.41, 5.74) is 1.17. The van der Waals surface area contributed by atoms with Gasteiger partial charge in [0.05, 0.1) is 11.1 Å². The van der Waals surface area contributed by atoms with Gasteiger partial charge in [-0.05, 0) is 91.9 Å². The van der Waals surface area contributed by atoms with Crippen molar-refractivity contribution in [2.75, 3.05) is 7.05 Å². The van der Waals surface area contributed by atoms with E-state index in [1.54, 1.807) is 38.2 Å². The van der Waals surface area contributed by atoms with Crippen LogP contribution in [0.2, 0.25) is 0 Å². The molecule has 6 rings (SSSR count). The van der Waals surface area contributed by atoms with Gasteiger partial charge in [-0.3, -0.25) is 9.59 Å². The second-order valence-corrected chi connectivity index (χ2v) is 10.1. The van der Waals surface area contributed by atoms with Crippen LogP contribution in [0.3, 0.4) is 0 Å². The largest absolute Gasteiger partial charge is 0.338 e. The molecular formula is C29H23F3N6O3. The van der Waals surface area contributed by atoms with E-state index in [0.29, 0.717) is 41.2 Å². The Labute approximate surface area is 231 Å². The number of pyridine rings is 1. The molecule has 0 aliphatic heterocycles. The van der Waals surface area contributed by atoms with E-state index in [1.807, 2.05) is 0 Å². The van der Waals surface area contributed by atoms with Crippen LogP contribution in [0.5, 0.6) is 0 Å². The molecule has 1 saturated carbocycles. The highest BCUT2D eigenvalue weighted by Crippen LogP contribution is 2.45. The number of amides is 2. The number of aromatic nitrogens is 4. The van der Waals surface area contributed by atoms with E-state index in [9.17, 15) is 18.5 Å². The van der Waals surface area contributed by atoms with Gasteiger partial charge in [0, 0.05) is 24.4 Å². The first kappa shape index (κ1) is 26.2. The van der Waals surface area contributed by atoms with Gasteiger partial charge < -0.3 is 9.84 Å². The molecule has 0 bridgehead atoms. The summed E-state index contributed by atoms with van der Waals surface area (Å²) in [6.45, 7) is 3.25. The number of aryl methyl sites for hydroxylation is 1. The summed E-state index contributed by atoms with van der Waals surface area (Å²) in [5, 5.41) is 11.1. The van der Waals surface area contributed by atoms with Crippen molar-refractivity contribution in [2.45, 2.75) is 32.2 Å². The average molecular weight is 561 g/mol. The van der Waals surface area contributed by atoms with E-state index in [-0.39, 0.29) is 33.0 Å². The maximum Gasteiger partial charge on any atom is 0.285 e. The molecule has 1 fully saturated rings. The fourth-order valence-corrected chi connectivity index (χ4v) is 4.80. The predicted molar refractivity (Wildman–Crippen MR) is 141 cm³/mol. The molecule has 0 spiro atoms. The lowest BCUT2D eigenvalue weighted by Crippen LogP contribution is -2.35. The Morgan fingerprint density at radius 3 is 2.41 bits per heavy atom. The number of hydrogen-bond donors (Lipinski definition) is 1. The van der Waals surface area contributed by atoms with Gasteiger partial charge in [0.2, 0.25) is 0 Å². The lowest BCUT2D eigenvalue weighted by molar-refractivity contribution is 0.0346. The van der Waals surface area contributed by atoms with Gasteiger partial charge in [-0.25, -0.2) is 13.3 Å². The maximum atomic E-state index is 15.2.